The molecule has 9 N–H and O–H groups in total. The number of aromatic nitrogens is 5. The van der Waals surface area contributed by atoms with E-state index in [4.69, 9.17) is 0 Å². The lowest BCUT2D eigenvalue weighted by Crippen LogP contribution is -2.39. The van der Waals surface area contributed by atoms with Crippen LogP contribution in [0.4, 0.5) is 8.78 Å². The molecule has 0 bridgehead atoms. The lowest BCUT2D eigenvalue weighted by molar-refractivity contribution is 0.0785. The highest BCUT2D eigenvalue weighted by molar-refractivity contribution is 7.08. The van der Waals surface area contributed by atoms with Crippen molar-refractivity contribution in [3.63, 3.8) is 0 Å². The lowest BCUT2D eigenvalue weighted by Gasteiger charge is -2.24. The van der Waals surface area contributed by atoms with Gasteiger partial charge in [-0.15, -0.1) is 10.2 Å². The molecule has 11 aromatic carbocycles. The number of carbonyl (C=O) groups is 7. The van der Waals surface area contributed by atoms with Gasteiger partial charge < -0.3 is 61.3 Å². The molecule has 5 atom stereocenters. The van der Waals surface area contributed by atoms with Crippen LogP contribution in [0.2, 0.25) is 0 Å². The lowest BCUT2D eigenvalue weighted by atomic mass is 9.93. The average molecular weight is 1990 g/mol. The van der Waals surface area contributed by atoms with Crippen LogP contribution in [0.1, 0.15) is 203 Å². The van der Waals surface area contributed by atoms with E-state index >= 15 is 0 Å². The zero-order chi connectivity index (χ0) is 105. The monoisotopic (exact) mass is 1990 g/mol. The highest BCUT2D eigenvalue weighted by Crippen LogP contribution is 2.36. The van der Waals surface area contributed by atoms with Crippen molar-refractivity contribution in [3.05, 3.63) is 367 Å². The Labute approximate surface area is 856 Å². The topological polar surface area (TPSA) is 376 Å². The van der Waals surface area contributed by atoms with Crippen LogP contribution in [0.15, 0.2) is 278 Å². The van der Waals surface area contributed by atoms with Gasteiger partial charge in [0.25, 0.3) is 41.4 Å². The number of thiophene rings is 1. The molecule has 29 heteroatoms. The van der Waals surface area contributed by atoms with Gasteiger partial charge in [0.05, 0.1) is 73.3 Å². The van der Waals surface area contributed by atoms with Crippen molar-refractivity contribution in [1.82, 2.24) is 66.5 Å². The number of pyridine rings is 1. The largest absolute Gasteiger partial charge is 0.395 e. The van der Waals surface area contributed by atoms with E-state index in [0.29, 0.717) is 112 Å². The minimum absolute atomic E-state index is 0.000576. The van der Waals surface area contributed by atoms with Crippen molar-refractivity contribution in [1.29, 1.82) is 10.5 Å². The molecule has 3 heterocycles. The van der Waals surface area contributed by atoms with Gasteiger partial charge >= 0.3 is 0 Å². The number of nitrogens with one attached hydrogen (secondary N) is 5. The summed E-state index contributed by atoms with van der Waals surface area (Å²) >= 11 is 1.56. The zero-order valence-electron chi connectivity index (χ0n) is 83.9. The Kier molecular flexibility index (Phi) is 43.0. The van der Waals surface area contributed by atoms with E-state index in [2.05, 4.69) is 105 Å². The molecular weight excluding hydrogens is 1860 g/mol. The molecule has 0 saturated carbocycles. The molecule has 756 valence electrons. The minimum atomic E-state index is -0.824. The second kappa shape index (κ2) is 56.5. The number of hydrogen-bond acceptors (Lipinski definition) is 19. The Hall–Kier alpha value is -15.5. The molecule has 14 rings (SSSR count). The third kappa shape index (κ3) is 31.8. The number of rotatable bonds is 42. The summed E-state index contributed by atoms with van der Waals surface area (Å²) < 4.78 is 27.2. The number of nitrogens with zero attached hydrogens (tertiary/aromatic N) is 10. The molecule has 146 heavy (non-hydrogen) atoms. The molecule has 2 unspecified atom stereocenters. The number of aliphatic hydroxyl groups is 4. The fraction of sp³-hybridized carbons (Fsp3) is 0.291. The standard InChI is InChI=1S/C31H33N3O3.C30H36N6O2.C29H29F2N3O3.C27H29N3O3S/c1-3-4-16-34(2)31(37)25-19-23(27-12-8-14-29-28(27)13-9-15-32-29)18-24(20-25)30(36)33-26(21-35)17-22-10-6-5-7-11-22;1-4-5-15-36(3)30(38)25-18-23(21(2)31-26(20-37)16-22-11-7-6-8-12-22)17-24(19-25)27-13-9-10-14-28(27)29-32-34-35-33-29;1-3-4-9-34(2)29(37)23-14-21(27-8-6-5-7-20(27)17-32)13-22(15-23)28(36)33-26(18-35)12-19-10-24(30)16-25(31)11-19;1-3-4-10-30(2)27(33)23-14-21(25-8-6-5-7-20(25)16-28)13-22(15-23)26(32)29-24(17-31)12-19-9-11-34-18-19/h5-15,18-20,26,35H,3-4,16-17,21H2,1-2H3,(H,33,36);6-14,17-19,21,26,31,37H,4-5,15-16,20H2,1-3H3,(H,32,33,34,35);5-8,10-11,13-16,26,35H,3-4,9,12,18H2,1-2H3,(H,33,36);5-9,11,13-15,18,24,31H,3-4,10,12,17H2,1-2H3,(H,29,32)/t26-;21?,26-;;24-/m00.0/s1. The van der Waals surface area contributed by atoms with Gasteiger partial charge in [0, 0.05) is 129 Å². The van der Waals surface area contributed by atoms with E-state index in [1.807, 2.05) is 158 Å². The van der Waals surface area contributed by atoms with Crippen LogP contribution >= 0.6 is 11.3 Å². The van der Waals surface area contributed by atoms with E-state index in [1.54, 1.807) is 143 Å². The SMILES string of the molecule is CCCCN(C)C(=O)c1cc(-c2ccccc2-c2nn[nH]n2)cc(C(C)N[C@H](CO)Cc2ccccc2)c1.CCCCN(C)C(=O)c1cc(C(=O)NC(CO)Cc2cc(F)cc(F)c2)cc(-c2ccccc2C#N)c1.CCCCN(C)C(=O)c1cc(C(=O)N[C@H](CO)Cc2ccccc2)cc(-c2cccc3ncccc23)c1.CCCCN(C)C(=O)c1cc(C(=O)N[C@H](CO)Cc2ccsc2)cc(-c2ccccc2C#N)c1. The van der Waals surface area contributed by atoms with Crippen LogP contribution in [0, 0.1) is 34.3 Å². The fourth-order valence-electron chi connectivity index (χ4n) is 16.8. The second-order valence-corrected chi connectivity index (χ2v) is 36.8. The van der Waals surface area contributed by atoms with Crippen molar-refractivity contribution < 1.29 is 62.8 Å². The molecule has 14 aromatic rings. The van der Waals surface area contributed by atoms with Gasteiger partial charge in [0.15, 0.2) is 0 Å². The second-order valence-electron chi connectivity index (χ2n) is 36.1. The predicted octanol–water partition coefficient (Wildman–Crippen LogP) is 19.0. The highest BCUT2D eigenvalue weighted by Gasteiger charge is 2.28. The number of tetrazole rings is 1. The maximum absolute atomic E-state index is 13.6. The molecule has 0 saturated heterocycles. The van der Waals surface area contributed by atoms with Crippen LogP contribution in [-0.2, 0) is 25.7 Å². The predicted molar refractivity (Wildman–Crippen MR) is 569 cm³/mol. The van der Waals surface area contributed by atoms with Gasteiger partial charge in [-0.3, -0.25) is 38.5 Å². The molecule has 0 radical (unpaired) electrons. The van der Waals surface area contributed by atoms with Gasteiger partial charge in [-0.25, -0.2) is 8.78 Å². The Morgan fingerprint density at radius 3 is 1.18 bits per heavy atom. The number of carbonyl (C=O) groups excluding carboxylic acids is 7. The Bertz CT molecular complexity index is 6760. The normalized spacial score (nSPS) is 11.9. The Balaban J connectivity index is 0.000000185. The van der Waals surface area contributed by atoms with Crippen LogP contribution < -0.4 is 21.3 Å². The quantitative estimate of drug-likeness (QED) is 0.0172. The number of fused-ring (bicyclic) bond motifs is 1. The minimum Gasteiger partial charge on any atom is -0.395 e. The molecule has 0 spiro atoms. The summed E-state index contributed by atoms with van der Waals surface area (Å²) in [6.07, 6.45) is 10.9. The number of halogens is 2. The number of H-pyrrole nitrogens is 1. The van der Waals surface area contributed by atoms with Crippen LogP contribution in [0.3, 0.4) is 0 Å². The van der Waals surface area contributed by atoms with Crippen molar-refractivity contribution in [3.8, 4) is 68.0 Å². The summed E-state index contributed by atoms with van der Waals surface area (Å²) in [6.45, 7) is 12.0. The fourth-order valence-corrected chi connectivity index (χ4v) is 17.5. The van der Waals surface area contributed by atoms with Crippen molar-refractivity contribution in [2.24, 2.45) is 0 Å². The van der Waals surface area contributed by atoms with E-state index in [-0.39, 0.29) is 90.5 Å². The molecule has 0 fully saturated rings. The summed E-state index contributed by atoms with van der Waals surface area (Å²) in [5.41, 5.74) is 15.4. The first-order valence-electron chi connectivity index (χ1n) is 49.2. The first kappa shape index (κ1) is 111. The van der Waals surface area contributed by atoms with Gasteiger partial charge in [-0.1, -0.05) is 193 Å². The van der Waals surface area contributed by atoms with Crippen LogP contribution in [0.5, 0.6) is 0 Å². The number of benzene rings is 11. The number of hydrogen-bond donors (Lipinski definition) is 9. The molecule has 7 amide bonds. The number of nitriles is 2. The molecule has 26 nitrogen and oxygen atoms in total. The molecule has 0 aliphatic carbocycles. The number of aromatic amines is 1. The summed E-state index contributed by atoms with van der Waals surface area (Å²) in [4.78, 5) is 104. The number of unbranched alkanes of at least 4 members (excludes halogenated alkanes) is 4. The van der Waals surface area contributed by atoms with Crippen molar-refractivity contribution in [2.75, 3.05) is 80.8 Å². The third-order valence-electron chi connectivity index (χ3n) is 24.8. The zero-order valence-corrected chi connectivity index (χ0v) is 84.7. The van der Waals surface area contributed by atoms with Gasteiger partial charge in [0.1, 0.15) is 11.6 Å². The third-order valence-corrected chi connectivity index (χ3v) is 25.5. The van der Waals surface area contributed by atoms with Crippen molar-refractivity contribution >= 4 is 63.6 Å². The molecule has 0 aliphatic heterocycles. The van der Waals surface area contributed by atoms with Gasteiger partial charge in [-0.05, 0) is 262 Å². The average Bonchev–Trinajstić information content (AvgIpc) is 0.882. The Morgan fingerprint density at radius 2 is 0.774 bits per heavy atom. The van der Waals surface area contributed by atoms with Gasteiger partial charge in [0.2, 0.25) is 5.82 Å². The summed E-state index contributed by atoms with van der Waals surface area (Å²) in [6, 6.07) is 79.7. The number of aliphatic hydroxyl groups excluding tert-OH is 4. The molecule has 3 aromatic heterocycles. The number of amides is 7. The maximum atomic E-state index is 13.6. The first-order valence-corrected chi connectivity index (χ1v) is 50.1. The molecular formula is C117H127F2N15O11S. The van der Waals surface area contributed by atoms with E-state index in [9.17, 15) is 73.3 Å². The summed E-state index contributed by atoms with van der Waals surface area (Å²) in [5.74, 6) is -2.90. The highest BCUT2D eigenvalue weighted by atomic mass is 32.1. The molecule has 0 aliphatic rings. The Morgan fingerprint density at radius 1 is 0.397 bits per heavy atom. The van der Waals surface area contributed by atoms with E-state index in [0.717, 1.165) is 131 Å². The summed E-state index contributed by atoms with van der Waals surface area (Å²) in [7, 11) is 7.07. The van der Waals surface area contributed by atoms with Crippen LogP contribution in [0.25, 0.3) is 66.8 Å². The smallest absolute Gasteiger partial charge is 0.253 e. The first-order chi connectivity index (χ1) is 70.7. The van der Waals surface area contributed by atoms with Gasteiger partial charge in [-0.2, -0.15) is 27.1 Å². The van der Waals surface area contributed by atoms with E-state index < -0.39 is 42.3 Å². The van der Waals surface area contributed by atoms with Crippen LogP contribution in [-0.4, -0.2) is 212 Å². The maximum Gasteiger partial charge on any atom is 0.253 e. The summed E-state index contributed by atoms with van der Waals surface area (Å²) in [5, 5.41) is 90.4. The van der Waals surface area contributed by atoms with Crippen molar-refractivity contribution in [2.45, 2.75) is 142 Å². The van der Waals surface area contributed by atoms with E-state index in [1.165, 1.54) is 6.07 Å².